The largest absolute Gasteiger partial charge is 0.496 e. The third-order valence-electron chi connectivity index (χ3n) is 4.20. The van der Waals surface area contributed by atoms with Crippen LogP contribution in [0.1, 0.15) is 23.5 Å². The minimum atomic E-state index is -0.321. The van der Waals surface area contributed by atoms with E-state index in [0.717, 1.165) is 11.1 Å². The predicted octanol–water partition coefficient (Wildman–Crippen LogP) is 4.62. The summed E-state index contributed by atoms with van der Waals surface area (Å²) in [4.78, 5) is 12.3. The first-order valence-corrected chi connectivity index (χ1v) is 9.43. The molecule has 0 unspecified atom stereocenters. The molecule has 1 amide bonds. The number of carbonyl (C=O) groups excluding carboxylic acids is 1. The number of hydrogen-bond donors (Lipinski definition) is 1. The van der Waals surface area contributed by atoms with Crippen molar-refractivity contribution in [1.82, 2.24) is 5.32 Å². The highest BCUT2D eigenvalue weighted by atomic mass is 35.5. The fourth-order valence-electron chi connectivity index (χ4n) is 2.92. The number of ether oxygens (including phenoxy) is 1. The van der Waals surface area contributed by atoms with Crippen LogP contribution in [0.15, 0.2) is 59.1 Å². The highest BCUT2D eigenvalue weighted by Crippen LogP contribution is 2.40. The molecule has 0 bridgehead atoms. The molecule has 4 nitrogen and oxygen atoms in total. The molecule has 1 aliphatic rings. The average molecular weight is 385 g/mol. The van der Waals surface area contributed by atoms with E-state index >= 15 is 0 Å². The van der Waals surface area contributed by atoms with Crippen molar-refractivity contribution >= 4 is 29.3 Å². The zero-order chi connectivity index (χ0) is 18.5. The Labute approximate surface area is 161 Å². The molecule has 0 spiro atoms. The van der Waals surface area contributed by atoms with E-state index in [4.69, 9.17) is 16.3 Å². The van der Waals surface area contributed by atoms with Crippen molar-refractivity contribution in [1.29, 1.82) is 5.26 Å². The summed E-state index contributed by atoms with van der Waals surface area (Å²) in [7, 11) is 1.59. The summed E-state index contributed by atoms with van der Waals surface area (Å²) >= 11 is 7.62. The molecule has 0 saturated heterocycles. The molecule has 0 aliphatic carbocycles. The van der Waals surface area contributed by atoms with Crippen molar-refractivity contribution in [3.8, 4) is 11.8 Å². The molecule has 0 fully saturated rings. The van der Waals surface area contributed by atoms with Crippen molar-refractivity contribution < 1.29 is 9.53 Å². The van der Waals surface area contributed by atoms with Crippen molar-refractivity contribution in [2.24, 2.45) is 0 Å². The lowest BCUT2D eigenvalue weighted by molar-refractivity contribution is -0.120. The molecule has 6 heteroatoms. The summed E-state index contributed by atoms with van der Waals surface area (Å²) < 4.78 is 5.42. The Hall–Kier alpha value is -2.42. The van der Waals surface area contributed by atoms with Crippen LogP contribution in [0, 0.1) is 11.3 Å². The van der Waals surface area contributed by atoms with Gasteiger partial charge in [-0.05, 0) is 17.7 Å². The first-order valence-electron chi connectivity index (χ1n) is 8.07. The number of para-hydroxylation sites is 1. The maximum atomic E-state index is 12.3. The van der Waals surface area contributed by atoms with Gasteiger partial charge in [0.05, 0.1) is 23.8 Å². The normalized spacial score (nSPS) is 16.8. The van der Waals surface area contributed by atoms with E-state index in [1.54, 1.807) is 7.11 Å². The Bertz CT molecular complexity index is 905. The zero-order valence-corrected chi connectivity index (χ0v) is 15.7. The van der Waals surface area contributed by atoms with Crippen LogP contribution in [0.2, 0.25) is 5.02 Å². The van der Waals surface area contributed by atoms with Crippen molar-refractivity contribution in [2.75, 3.05) is 7.11 Å². The number of nitrogens with zero attached hydrogens (tertiary/aromatic N) is 1. The molecule has 26 heavy (non-hydrogen) atoms. The number of hydrogen-bond acceptors (Lipinski definition) is 4. The number of halogens is 1. The Morgan fingerprint density at radius 3 is 2.73 bits per heavy atom. The van der Waals surface area contributed by atoms with Gasteiger partial charge in [0, 0.05) is 28.7 Å². The molecule has 0 saturated carbocycles. The van der Waals surface area contributed by atoms with Gasteiger partial charge in [-0.1, -0.05) is 48.0 Å². The highest BCUT2D eigenvalue weighted by molar-refractivity contribution is 8.02. The maximum absolute atomic E-state index is 12.3. The smallest absolute Gasteiger partial charge is 0.225 e. The number of rotatable bonds is 5. The van der Waals surface area contributed by atoms with E-state index in [1.807, 2.05) is 48.5 Å². The maximum Gasteiger partial charge on any atom is 0.225 e. The number of thioether (sulfide) groups is 1. The van der Waals surface area contributed by atoms with Crippen molar-refractivity contribution in [2.45, 2.75) is 18.1 Å². The standard InChI is InChI=1S/C20H17ClN2O2S/c1-25-18-9-5-3-7-14(18)15-10-19(24)23-20(16(15)11-22)26-12-13-6-2-4-8-17(13)21/h2-9,15H,10,12H2,1H3,(H,23,24)/t15-/m0/s1. The van der Waals surface area contributed by atoms with Gasteiger partial charge in [0.1, 0.15) is 5.75 Å². The van der Waals surface area contributed by atoms with E-state index in [0.29, 0.717) is 27.1 Å². The third-order valence-corrected chi connectivity index (χ3v) is 5.63. The Morgan fingerprint density at radius 2 is 2.00 bits per heavy atom. The van der Waals surface area contributed by atoms with Gasteiger partial charge >= 0.3 is 0 Å². The van der Waals surface area contributed by atoms with E-state index in [9.17, 15) is 10.1 Å². The molecule has 0 aromatic heterocycles. The van der Waals surface area contributed by atoms with Crippen LogP contribution in [0.4, 0.5) is 0 Å². The number of nitrogens with one attached hydrogen (secondary N) is 1. The molecule has 0 radical (unpaired) electrons. The zero-order valence-electron chi connectivity index (χ0n) is 14.2. The third kappa shape index (κ3) is 3.87. The van der Waals surface area contributed by atoms with Crippen molar-refractivity contribution in [3.05, 3.63) is 75.3 Å². The highest BCUT2D eigenvalue weighted by Gasteiger charge is 2.31. The molecule has 2 aromatic carbocycles. The minimum absolute atomic E-state index is 0.110. The van der Waals surface area contributed by atoms with Crippen LogP contribution < -0.4 is 10.1 Å². The topological polar surface area (TPSA) is 62.1 Å². The molecule has 1 heterocycles. The van der Waals surface area contributed by atoms with Gasteiger partial charge in [0.25, 0.3) is 0 Å². The molecule has 3 rings (SSSR count). The lowest BCUT2D eigenvalue weighted by Crippen LogP contribution is -2.31. The average Bonchev–Trinajstić information content (AvgIpc) is 2.66. The fraction of sp³-hybridized carbons (Fsp3) is 0.200. The number of benzene rings is 2. The molecular formula is C20H17ClN2O2S. The van der Waals surface area contributed by atoms with E-state index in [-0.39, 0.29) is 18.2 Å². The summed E-state index contributed by atoms with van der Waals surface area (Å²) in [6, 6.07) is 17.3. The van der Waals surface area contributed by atoms with Crippen LogP contribution in [-0.4, -0.2) is 13.0 Å². The predicted molar refractivity (Wildman–Crippen MR) is 104 cm³/mol. The second-order valence-corrected chi connectivity index (χ2v) is 7.17. The molecule has 1 atom stereocenters. The van der Waals surface area contributed by atoms with Gasteiger partial charge in [-0.25, -0.2) is 0 Å². The van der Waals surface area contributed by atoms with Gasteiger partial charge in [-0.3, -0.25) is 4.79 Å². The summed E-state index contributed by atoms with van der Waals surface area (Å²) in [5.41, 5.74) is 2.35. The Morgan fingerprint density at radius 1 is 1.27 bits per heavy atom. The second kappa shape index (κ2) is 8.31. The Balaban J connectivity index is 1.94. The number of allylic oxidation sites excluding steroid dienone is 1. The van der Waals surface area contributed by atoms with E-state index in [2.05, 4.69) is 11.4 Å². The summed E-state index contributed by atoms with van der Waals surface area (Å²) in [5, 5.41) is 13.8. The number of amides is 1. The fourth-order valence-corrected chi connectivity index (χ4v) is 4.28. The summed E-state index contributed by atoms with van der Waals surface area (Å²) in [6.45, 7) is 0. The van der Waals surface area contributed by atoms with Crippen molar-refractivity contribution in [3.63, 3.8) is 0 Å². The van der Waals surface area contributed by atoms with E-state index in [1.165, 1.54) is 11.8 Å². The van der Waals surface area contributed by atoms with Gasteiger partial charge in [0.2, 0.25) is 5.91 Å². The summed E-state index contributed by atoms with van der Waals surface area (Å²) in [6.07, 6.45) is 0.222. The van der Waals surface area contributed by atoms with Crippen LogP contribution in [0.25, 0.3) is 0 Å². The quantitative estimate of drug-likeness (QED) is 0.816. The number of nitriles is 1. The molecular weight excluding hydrogens is 368 g/mol. The molecule has 2 aromatic rings. The number of methoxy groups -OCH3 is 1. The Kier molecular flexibility index (Phi) is 5.87. The molecule has 132 valence electrons. The van der Waals surface area contributed by atoms with Crippen LogP contribution in [-0.2, 0) is 10.5 Å². The molecule has 1 N–H and O–H groups in total. The van der Waals surface area contributed by atoms with Gasteiger partial charge < -0.3 is 10.1 Å². The van der Waals surface area contributed by atoms with Crippen LogP contribution in [0.3, 0.4) is 0 Å². The first kappa shape index (κ1) is 18.4. The van der Waals surface area contributed by atoms with Crippen LogP contribution in [0.5, 0.6) is 5.75 Å². The first-order chi connectivity index (χ1) is 12.6. The van der Waals surface area contributed by atoms with Crippen LogP contribution >= 0.6 is 23.4 Å². The molecule has 1 aliphatic heterocycles. The summed E-state index contributed by atoms with van der Waals surface area (Å²) in [5.74, 6) is 0.815. The second-order valence-electron chi connectivity index (χ2n) is 5.78. The van der Waals surface area contributed by atoms with E-state index < -0.39 is 0 Å². The lowest BCUT2D eigenvalue weighted by atomic mass is 9.86. The van der Waals surface area contributed by atoms with Gasteiger partial charge in [0.15, 0.2) is 0 Å². The lowest BCUT2D eigenvalue weighted by Gasteiger charge is -2.26. The SMILES string of the molecule is COc1ccccc1[C@@H]1CC(=O)NC(SCc2ccccc2Cl)=C1C#N. The number of carbonyl (C=O) groups is 1. The van der Waals surface area contributed by atoms with Gasteiger partial charge in [-0.15, -0.1) is 11.8 Å². The van der Waals surface area contributed by atoms with Gasteiger partial charge in [-0.2, -0.15) is 5.26 Å². The minimum Gasteiger partial charge on any atom is -0.496 e. The monoisotopic (exact) mass is 384 g/mol.